The van der Waals surface area contributed by atoms with E-state index in [0.29, 0.717) is 17.7 Å². The number of primary amides is 1. The van der Waals surface area contributed by atoms with Gasteiger partial charge in [-0.2, -0.15) is 0 Å². The zero-order valence-electron chi connectivity index (χ0n) is 8.64. The highest BCUT2D eigenvalue weighted by molar-refractivity contribution is 6.04. The second kappa shape index (κ2) is 3.94. The van der Waals surface area contributed by atoms with Gasteiger partial charge < -0.3 is 16.8 Å². The van der Waals surface area contributed by atoms with E-state index in [1.165, 1.54) is 0 Å². The van der Waals surface area contributed by atoms with E-state index in [0.717, 1.165) is 0 Å². The number of para-hydroxylation sites is 1. The molecule has 0 heterocycles. The fraction of sp³-hybridized carbons (Fsp3) is 0.273. The fourth-order valence-corrected chi connectivity index (χ4v) is 1.55. The van der Waals surface area contributed by atoms with Gasteiger partial charge in [-0.15, -0.1) is 0 Å². The van der Waals surface area contributed by atoms with Crippen LogP contribution in [0.1, 0.15) is 16.8 Å². The van der Waals surface area contributed by atoms with Crippen molar-refractivity contribution in [3.05, 3.63) is 29.8 Å². The third-order valence-corrected chi connectivity index (χ3v) is 2.63. The Morgan fingerprint density at radius 2 is 1.94 bits per heavy atom. The number of hydrogen-bond donors (Lipinski definition) is 3. The molecule has 84 valence electrons. The van der Waals surface area contributed by atoms with E-state index < -0.39 is 5.91 Å². The average Bonchev–Trinajstić information content (AvgIpc) is 2.96. The Morgan fingerprint density at radius 1 is 1.31 bits per heavy atom. The zero-order chi connectivity index (χ0) is 11.7. The monoisotopic (exact) mass is 219 g/mol. The van der Waals surface area contributed by atoms with Gasteiger partial charge in [0.05, 0.1) is 17.2 Å². The van der Waals surface area contributed by atoms with E-state index in [1.807, 2.05) is 0 Å². The molecule has 2 amide bonds. The molecule has 0 bridgehead atoms. The van der Waals surface area contributed by atoms with Crippen molar-refractivity contribution in [3.63, 3.8) is 0 Å². The van der Waals surface area contributed by atoms with Crippen molar-refractivity contribution in [1.82, 2.24) is 0 Å². The van der Waals surface area contributed by atoms with E-state index in [9.17, 15) is 9.59 Å². The van der Waals surface area contributed by atoms with Gasteiger partial charge in [-0.3, -0.25) is 9.59 Å². The Balaban J connectivity index is 2.14. The average molecular weight is 219 g/mol. The summed E-state index contributed by atoms with van der Waals surface area (Å²) in [4.78, 5) is 22.7. The summed E-state index contributed by atoms with van der Waals surface area (Å²) in [6.45, 7) is 0. The molecule has 5 N–H and O–H groups in total. The van der Waals surface area contributed by atoms with Gasteiger partial charge in [0.15, 0.2) is 0 Å². The van der Waals surface area contributed by atoms with Gasteiger partial charge >= 0.3 is 0 Å². The number of hydrogen-bond acceptors (Lipinski definition) is 3. The predicted molar refractivity (Wildman–Crippen MR) is 59.7 cm³/mol. The van der Waals surface area contributed by atoms with Crippen LogP contribution in [0.15, 0.2) is 24.3 Å². The molecule has 0 radical (unpaired) electrons. The zero-order valence-corrected chi connectivity index (χ0v) is 8.64. The van der Waals surface area contributed by atoms with Crippen molar-refractivity contribution < 1.29 is 9.59 Å². The lowest BCUT2D eigenvalue weighted by molar-refractivity contribution is -0.117. The molecular weight excluding hydrogens is 206 g/mol. The lowest BCUT2D eigenvalue weighted by atomic mass is 10.1. The maximum Gasteiger partial charge on any atom is 0.250 e. The number of nitrogens with one attached hydrogen (secondary N) is 1. The van der Waals surface area contributed by atoms with Gasteiger partial charge in [-0.05, 0) is 18.6 Å². The van der Waals surface area contributed by atoms with Gasteiger partial charge in [0.2, 0.25) is 5.91 Å². The minimum absolute atomic E-state index is 0.0549. The number of carbonyl (C=O) groups is 2. The maximum atomic E-state index is 11.6. The molecule has 2 rings (SSSR count). The van der Waals surface area contributed by atoms with Crippen LogP contribution in [0.4, 0.5) is 5.69 Å². The Bertz CT molecular complexity index is 445. The maximum absolute atomic E-state index is 11.6. The Morgan fingerprint density at radius 3 is 2.50 bits per heavy atom. The topological polar surface area (TPSA) is 98.2 Å². The largest absolute Gasteiger partial charge is 0.366 e. The van der Waals surface area contributed by atoms with Crippen molar-refractivity contribution in [1.29, 1.82) is 0 Å². The molecule has 2 atom stereocenters. The van der Waals surface area contributed by atoms with E-state index in [4.69, 9.17) is 11.5 Å². The van der Waals surface area contributed by atoms with Crippen molar-refractivity contribution in [2.45, 2.75) is 12.5 Å². The third-order valence-electron chi connectivity index (χ3n) is 2.63. The molecule has 1 aromatic rings. The van der Waals surface area contributed by atoms with Crippen molar-refractivity contribution in [3.8, 4) is 0 Å². The molecule has 2 unspecified atom stereocenters. The number of amides is 2. The third kappa shape index (κ3) is 2.04. The molecule has 0 aliphatic heterocycles. The summed E-state index contributed by atoms with van der Waals surface area (Å²) < 4.78 is 0. The van der Waals surface area contributed by atoms with Crippen molar-refractivity contribution in [2.75, 3.05) is 5.32 Å². The smallest absolute Gasteiger partial charge is 0.250 e. The number of carbonyl (C=O) groups excluding carboxylic acids is 2. The van der Waals surface area contributed by atoms with Crippen LogP contribution in [0.5, 0.6) is 0 Å². The van der Waals surface area contributed by atoms with E-state index >= 15 is 0 Å². The van der Waals surface area contributed by atoms with Crippen LogP contribution in [0.25, 0.3) is 0 Å². The SMILES string of the molecule is NC(=O)c1ccccc1NC(=O)C1CC1N. The van der Waals surface area contributed by atoms with E-state index in [2.05, 4.69) is 5.32 Å². The van der Waals surface area contributed by atoms with Crippen molar-refractivity contribution in [2.24, 2.45) is 17.4 Å². The molecule has 1 aliphatic carbocycles. The summed E-state index contributed by atoms with van der Waals surface area (Å²) >= 11 is 0. The highest BCUT2D eigenvalue weighted by atomic mass is 16.2. The fourth-order valence-electron chi connectivity index (χ4n) is 1.55. The summed E-state index contributed by atoms with van der Waals surface area (Å²) in [6, 6.07) is 6.59. The highest BCUT2D eigenvalue weighted by Gasteiger charge is 2.40. The summed E-state index contributed by atoms with van der Waals surface area (Å²) in [7, 11) is 0. The van der Waals surface area contributed by atoms with Gasteiger partial charge in [0, 0.05) is 6.04 Å². The molecule has 0 aromatic heterocycles. The minimum Gasteiger partial charge on any atom is -0.366 e. The van der Waals surface area contributed by atoms with Gasteiger partial charge in [0.1, 0.15) is 0 Å². The quantitative estimate of drug-likeness (QED) is 0.671. The van der Waals surface area contributed by atoms with Crippen LogP contribution in [-0.4, -0.2) is 17.9 Å². The van der Waals surface area contributed by atoms with Crippen LogP contribution in [0, 0.1) is 5.92 Å². The number of anilines is 1. The second-order valence-corrected chi connectivity index (χ2v) is 3.91. The molecule has 1 fully saturated rings. The molecule has 1 aromatic carbocycles. The predicted octanol–water partition coefficient (Wildman–Crippen LogP) is 0.0712. The Labute approximate surface area is 92.8 Å². The number of rotatable bonds is 3. The van der Waals surface area contributed by atoms with E-state index in [1.54, 1.807) is 24.3 Å². The van der Waals surface area contributed by atoms with Gasteiger partial charge in [-0.1, -0.05) is 12.1 Å². The number of benzene rings is 1. The number of nitrogens with two attached hydrogens (primary N) is 2. The Kier molecular flexibility index (Phi) is 2.62. The van der Waals surface area contributed by atoms with Crippen molar-refractivity contribution >= 4 is 17.5 Å². The van der Waals surface area contributed by atoms with Crippen LogP contribution in [0.3, 0.4) is 0 Å². The summed E-state index contributed by atoms with van der Waals surface area (Å²) in [5, 5.41) is 2.66. The van der Waals surface area contributed by atoms with Crippen LogP contribution >= 0.6 is 0 Å². The first-order valence-electron chi connectivity index (χ1n) is 5.05. The molecule has 5 nitrogen and oxygen atoms in total. The lowest BCUT2D eigenvalue weighted by Crippen LogP contribution is -2.21. The molecular formula is C11H13N3O2. The van der Waals surface area contributed by atoms with Crippen LogP contribution < -0.4 is 16.8 Å². The second-order valence-electron chi connectivity index (χ2n) is 3.91. The highest BCUT2D eigenvalue weighted by Crippen LogP contribution is 2.29. The summed E-state index contributed by atoms with van der Waals surface area (Å²) in [5.41, 5.74) is 11.5. The molecule has 0 saturated heterocycles. The van der Waals surface area contributed by atoms with E-state index in [-0.39, 0.29) is 17.9 Å². The Hall–Kier alpha value is -1.88. The molecule has 5 heteroatoms. The first kappa shape index (κ1) is 10.6. The van der Waals surface area contributed by atoms with Gasteiger partial charge in [-0.25, -0.2) is 0 Å². The minimum atomic E-state index is -0.559. The molecule has 1 aliphatic rings. The first-order valence-corrected chi connectivity index (χ1v) is 5.05. The standard InChI is InChI=1S/C11H13N3O2/c12-8-5-7(8)11(16)14-9-4-2-1-3-6(9)10(13)15/h1-4,7-8H,5,12H2,(H2,13,15)(H,14,16). The van der Waals surface area contributed by atoms with Crippen LogP contribution in [-0.2, 0) is 4.79 Å². The summed E-state index contributed by atoms with van der Waals surface area (Å²) in [5.74, 6) is -0.849. The lowest BCUT2D eigenvalue weighted by Gasteiger charge is -2.07. The molecule has 1 saturated carbocycles. The first-order chi connectivity index (χ1) is 7.59. The normalized spacial score (nSPS) is 22.6. The van der Waals surface area contributed by atoms with Crippen LogP contribution in [0.2, 0.25) is 0 Å². The van der Waals surface area contributed by atoms with Gasteiger partial charge in [0.25, 0.3) is 5.91 Å². The molecule has 16 heavy (non-hydrogen) atoms. The molecule has 0 spiro atoms. The summed E-state index contributed by atoms with van der Waals surface area (Å²) in [6.07, 6.45) is 0.699.